The van der Waals surface area contributed by atoms with Crippen LogP contribution in [0.15, 0.2) is 23.4 Å². The summed E-state index contributed by atoms with van der Waals surface area (Å²) in [6.07, 6.45) is 3.83. The van der Waals surface area contributed by atoms with Crippen LogP contribution in [0.4, 0.5) is 0 Å². The Balaban J connectivity index is 1.81. The Morgan fingerprint density at radius 1 is 1.42 bits per heavy atom. The number of rotatable bonds is 4. The number of aromatic nitrogens is 2. The van der Waals surface area contributed by atoms with E-state index in [0.717, 1.165) is 21.9 Å². The van der Waals surface area contributed by atoms with Crippen LogP contribution < -0.4 is 10.1 Å². The molecule has 102 valence electrons. The number of ether oxygens (including phenoxy) is 1. The van der Waals surface area contributed by atoms with Gasteiger partial charge in [0.15, 0.2) is 5.16 Å². The summed E-state index contributed by atoms with van der Waals surface area (Å²) >= 11 is 1.85. The van der Waals surface area contributed by atoms with Gasteiger partial charge >= 0.3 is 0 Å². The molecule has 1 aliphatic rings. The van der Waals surface area contributed by atoms with Gasteiger partial charge in [-0.3, -0.25) is 0 Å². The summed E-state index contributed by atoms with van der Waals surface area (Å²) in [6.45, 7) is 0. The van der Waals surface area contributed by atoms with E-state index in [-0.39, 0.29) is 0 Å². The molecule has 1 heterocycles. The highest BCUT2D eigenvalue weighted by atomic mass is 32.2. The minimum absolute atomic E-state index is 0.604. The molecule has 2 atom stereocenters. The lowest BCUT2D eigenvalue weighted by molar-refractivity contribution is 0.415. The highest BCUT2D eigenvalue weighted by Crippen LogP contribution is 2.34. The van der Waals surface area contributed by atoms with Crippen molar-refractivity contribution in [1.82, 2.24) is 15.3 Å². The van der Waals surface area contributed by atoms with E-state index in [2.05, 4.69) is 15.3 Å². The van der Waals surface area contributed by atoms with Crippen LogP contribution in [0.1, 0.15) is 19.3 Å². The largest absolute Gasteiger partial charge is 0.497 e. The zero-order valence-electron chi connectivity index (χ0n) is 11.3. The van der Waals surface area contributed by atoms with Gasteiger partial charge in [-0.2, -0.15) is 0 Å². The van der Waals surface area contributed by atoms with Crippen molar-refractivity contribution in [1.29, 1.82) is 0 Å². The third-order valence-corrected chi connectivity index (χ3v) is 5.04. The molecule has 0 amide bonds. The molecule has 1 aromatic heterocycles. The molecule has 2 unspecified atom stereocenters. The molecule has 2 N–H and O–H groups in total. The standard InChI is InChI=1S/C14H19N3OS/c1-15-11-4-3-5-13(11)19-14-16-10-7-6-9(18-2)8-12(10)17-14/h6-8,11,13,15H,3-5H2,1-2H3,(H,16,17). The number of hydrogen-bond donors (Lipinski definition) is 2. The lowest BCUT2D eigenvalue weighted by Crippen LogP contribution is -2.30. The molecule has 0 saturated heterocycles. The van der Waals surface area contributed by atoms with Crippen LogP contribution in [-0.4, -0.2) is 35.4 Å². The number of fused-ring (bicyclic) bond motifs is 1. The zero-order chi connectivity index (χ0) is 13.2. The SMILES string of the molecule is CNC1CCCC1Sc1nc2ccc(OC)cc2[nH]1. The summed E-state index contributed by atoms with van der Waals surface area (Å²) in [5.74, 6) is 0.863. The fourth-order valence-corrected chi connectivity index (χ4v) is 4.02. The van der Waals surface area contributed by atoms with E-state index in [0.29, 0.717) is 11.3 Å². The first-order valence-corrected chi connectivity index (χ1v) is 7.56. The molecule has 0 radical (unpaired) electrons. The van der Waals surface area contributed by atoms with Gasteiger partial charge in [-0.25, -0.2) is 4.98 Å². The van der Waals surface area contributed by atoms with Crippen LogP contribution in [0, 0.1) is 0 Å². The number of H-pyrrole nitrogens is 1. The van der Waals surface area contributed by atoms with Crippen molar-refractivity contribution < 1.29 is 4.74 Å². The van der Waals surface area contributed by atoms with Crippen LogP contribution in [0.5, 0.6) is 5.75 Å². The Morgan fingerprint density at radius 2 is 2.32 bits per heavy atom. The molecule has 1 aromatic carbocycles. The first-order valence-electron chi connectivity index (χ1n) is 6.68. The first-order chi connectivity index (χ1) is 9.30. The predicted octanol–water partition coefficient (Wildman–Crippen LogP) is 2.80. The molecular weight excluding hydrogens is 258 g/mol. The number of benzene rings is 1. The molecule has 2 aromatic rings. The average Bonchev–Trinajstić information content (AvgIpc) is 3.03. The Morgan fingerprint density at radius 3 is 3.11 bits per heavy atom. The van der Waals surface area contributed by atoms with Crippen molar-refractivity contribution in [3.05, 3.63) is 18.2 Å². The molecule has 0 spiro atoms. The highest BCUT2D eigenvalue weighted by molar-refractivity contribution is 7.99. The van der Waals surface area contributed by atoms with Crippen LogP contribution in [0.2, 0.25) is 0 Å². The molecular formula is C14H19N3OS. The number of imidazole rings is 1. The van der Waals surface area contributed by atoms with E-state index in [4.69, 9.17) is 4.74 Å². The van der Waals surface area contributed by atoms with E-state index >= 15 is 0 Å². The number of nitrogens with zero attached hydrogens (tertiary/aromatic N) is 1. The monoisotopic (exact) mass is 277 g/mol. The maximum atomic E-state index is 5.23. The van der Waals surface area contributed by atoms with Crippen LogP contribution in [0.3, 0.4) is 0 Å². The summed E-state index contributed by atoms with van der Waals surface area (Å²) in [5, 5.41) is 5.03. The average molecular weight is 277 g/mol. The van der Waals surface area contributed by atoms with Crippen LogP contribution in [0.25, 0.3) is 11.0 Å². The molecule has 19 heavy (non-hydrogen) atoms. The third kappa shape index (κ3) is 2.58. The van der Waals surface area contributed by atoms with Crippen molar-refractivity contribution in [3.8, 4) is 5.75 Å². The second-order valence-corrected chi connectivity index (χ2v) is 6.14. The van der Waals surface area contributed by atoms with Crippen molar-refractivity contribution >= 4 is 22.8 Å². The minimum Gasteiger partial charge on any atom is -0.497 e. The Kier molecular flexibility index (Phi) is 3.66. The number of nitrogens with one attached hydrogen (secondary N) is 2. The van der Waals surface area contributed by atoms with Gasteiger partial charge < -0.3 is 15.0 Å². The molecule has 1 aliphatic carbocycles. The number of aromatic amines is 1. The zero-order valence-corrected chi connectivity index (χ0v) is 12.1. The lowest BCUT2D eigenvalue weighted by Gasteiger charge is -2.16. The molecule has 1 fully saturated rings. The Bertz CT molecular complexity index is 569. The minimum atomic E-state index is 0.604. The first kappa shape index (κ1) is 12.8. The van der Waals surface area contributed by atoms with Gasteiger partial charge in [-0.15, -0.1) is 0 Å². The molecule has 1 saturated carbocycles. The van der Waals surface area contributed by atoms with Gasteiger partial charge in [0.1, 0.15) is 5.75 Å². The van der Waals surface area contributed by atoms with Gasteiger partial charge in [-0.05, 0) is 32.0 Å². The van der Waals surface area contributed by atoms with Gasteiger partial charge in [0.2, 0.25) is 0 Å². The van der Waals surface area contributed by atoms with Gasteiger partial charge in [0, 0.05) is 17.4 Å². The van der Waals surface area contributed by atoms with Crippen LogP contribution >= 0.6 is 11.8 Å². The summed E-state index contributed by atoms with van der Waals surface area (Å²) in [6, 6.07) is 6.55. The van der Waals surface area contributed by atoms with Crippen LogP contribution in [-0.2, 0) is 0 Å². The topological polar surface area (TPSA) is 49.9 Å². The van der Waals surface area contributed by atoms with E-state index in [9.17, 15) is 0 Å². The summed E-state index contributed by atoms with van der Waals surface area (Å²) in [5.41, 5.74) is 2.04. The van der Waals surface area contributed by atoms with E-state index in [1.165, 1.54) is 19.3 Å². The maximum absolute atomic E-state index is 5.23. The third-order valence-electron chi connectivity index (χ3n) is 3.75. The molecule has 4 nitrogen and oxygen atoms in total. The fraction of sp³-hybridized carbons (Fsp3) is 0.500. The number of methoxy groups -OCH3 is 1. The predicted molar refractivity (Wildman–Crippen MR) is 79.0 cm³/mol. The molecule has 0 aliphatic heterocycles. The van der Waals surface area contributed by atoms with E-state index in [1.807, 2.05) is 37.0 Å². The second-order valence-electron chi connectivity index (χ2n) is 4.91. The lowest BCUT2D eigenvalue weighted by atomic mass is 10.2. The quantitative estimate of drug-likeness (QED) is 0.902. The smallest absolute Gasteiger partial charge is 0.166 e. The van der Waals surface area contributed by atoms with Gasteiger partial charge in [0.25, 0.3) is 0 Å². The van der Waals surface area contributed by atoms with Crippen molar-refractivity contribution in [2.45, 2.75) is 35.7 Å². The van der Waals surface area contributed by atoms with E-state index in [1.54, 1.807) is 7.11 Å². The van der Waals surface area contributed by atoms with Gasteiger partial charge in [-0.1, -0.05) is 18.2 Å². The van der Waals surface area contributed by atoms with Crippen molar-refractivity contribution in [2.75, 3.05) is 14.2 Å². The fourth-order valence-electron chi connectivity index (χ4n) is 2.69. The summed E-state index contributed by atoms with van der Waals surface area (Å²) < 4.78 is 5.23. The number of hydrogen-bond acceptors (Lipinski definition) is 4. The maximum Gasteiger partial charge on any atom is 0.166 e. The molecule has 3 rings (SSSR count). The molecule has 0 bridgehead atoms. The van der Waals surface area contributed by atoms with Crippen molar-refractivity contribution in [3.63, 3.8) is 0 Å². The Labute approximate surface area is 117 Å². The normalized spacial score (nSPS) is 23.1. The highest BCUT2D eigenvalue weighted by Gasteiger charge is 2.27. The molecule has 5 heteroatoms. The summed E-state index contributed by atoms with van der Waals surface area (Å²) in [7, 11) is 3.73. The number of thioether (sulfide) groups is 1. The van der Waals surface area contributed by atoms with Gasteiger partial charge in [0.05, 0.1) is 18.1 Å². The Hall–Kier alpha value is -1.20. The van der Waals surface area contributed by atoms with Crippen molar-refractivity contribution in [2.24, 2.45) is 0 Å². The summed E-state index contributed by atoms with van der Waals surface area (Å²) in [4.78, 5) is 8.03. The van der Waals surface area contributed by atoms with E-state index < -0.39 is 0 Å². The second kappa shape index (κ2) is 5.43.